The molecule has 0 aromatic rings. The number of methoxy groups -OCH3 is 2. The van der Waals surface area contributed by atoms with Crippen molar-refractivity contribution in [1.82, 2.24) is 0 Å². The summed E-state index contributed by atoms with van der Waals surface area (Å²) in [5.74, 6) is -2.34. The molecule has 0 aromatic heterocycles. The molecule has 2 aliphatic rings. The van der Waals surface area contributed by atoms with Crippen molar-refractivity contribution in [3.05, 3.63) is 0 Å². The monoisotopic (exact) mass is 226 g/mol. The molecule has 88 valence electrons. The zero-order chi connectivity index (χ0) is 11.9. The van der Waals surface area contributed by atoms with E-state index in [1.54, 1.807) is 0 Å². The zero-order valence-electron chi connectivity index (χ0n) is 9.26. The molecule has 0 radical (unpaired) electrons. The summed E-state index contributed by atoms with van der Waals surface area (Å²) < 4.78 is 9.35. The number of carbonyl (C=O) groups is 3. The maximum Gasteiger partial charge on any atom is 0.310 e. The second-order valence-corrected chi connectivity index (χ2v) is 4.37. The summed E-state index contributed by atoms with van der Waals surface area (Å²) in [6, 6.07) is 0. The Labute approximate surface area is 93.1 Å². The lowest BCUT2D eigenvalue weighted by atomic mass is 9.78. The lowest BCUT2D eigenvalue weighted by Gasteiger charge is -2.25. The van der Waals surface area contributed by atoms with Crippen LogP contribution in [0, 0.1) is 23.7 Å². The zero-order valence-corrected chi connectivity index (χ0v) is 9.26. The first-order chi connectivity index (χ1) is 7.60. The van der Waals surface area contributed by atoms with E-state index in [2.05, 4.69) is 9.47 Å². The first-order valence-corrected chi connectivity index (χ1v) is 5.28. The van der Waals surface area contributed by atoms with Gasteiger partial charge in [0.15, 0.2) is 0 Å². The molecule has 16 heavy (non-hydrogen) atoms. The van der Waals surface area contributed by atoms with Crippen molar-refractivity contribution in [1.29, 1.82) is 0 Å². The highest BCUT2D eigenvalue weighted by molar-refractivity contribution is 5.94. The summed E-state index contributed by atoms with van der Waals surface area (Å²) in [5, 5.41) is 0. The van der Waals surface area contributed by atoms with Crippen molar-refractivity contribution in [3.8, 4) is 0 Å². The van der Waals surface area contributed by atoms with E-state index in [-0.39, 0.29) is 17.6 Å². The molecule has 2 saturated carbocycles. The molecule has 0 saturated heterocycles. The van der Waals surface area contributed by atoms with Crippen LogP contribution in [0.15, 0.2) is 0 Å². The van der Waals surface area contributed by atoms with E-state index < -0.39 is 23.8 Å². The highest BCUT2D eigenvalue weighted by atomic mass is 16.5. The molecule has 4 atom stereocenters. The molecule has 0 aliphatic heterocycles. The Morgan fingerprint density at radius 1 is 1.12 bits per heavy atom. The minimum absolute atomic E-state index is 0.0472. The van der Waals surface area contributed by atoms with Gasteiger partial charge in [0.1, 0.15) is 5.78 Å². The van der Waals surface area contributed by atoms with Crippen LogP contribution in [0.3, 0.4) is 0 Å². The Bertz CT molecular complexity index is 348. The Balaban J connectivity index is 2.27. The lowest BCUT2D eigenvalue weighted by molar-refractivity contribution is -0.161. The molecule has 2 bridgehead atoms. The maximum absolute atomic E-state index is 11.6. The van der Waals surface area contributed by atoms with Gasteiger partial charge in [-0.05, 0) is 12.3 Å². The summed E-state index contributed by atoms with van der Waals surface area (Å²) >= 11 is 0. The standard InChI is InChI=1S/C11H14O5/c1-15-10(13)8-5-3-6(7(12)4-5)9(8)11(14)16-2/h5-6,8-9H,3-4H2,1-2H3/t5-,6+,8+,9-/m0/s1. The second kappa shape index (κ2) is 3.88. The minimum atomic E-state index is -0.635. The average Bonchev–Trinajstić information content (AvgIpc) is 2.82. The van der Waals surface area contributed by atoms with Gasteiger partial charge in [-0.15, -0.1) is 0 Å². The van der Waals surface area contributed by atoms with Crippen LogP contribution in [0.4, 0.5) is 0 Å². The number of fused-ring (bicyclic) bond motifs is 2. The predicted molar refractivity (Wildman–Crippen MR) is 52.2 cm³/mol. The summed E-state index contributed by atoms with van der Waals surface area (Å²) in [7, 11) is 2.57. The van der Waals surface area contributed by atoms with E-state index >= 15 is 0 Å². The van der Waals surface area contributed by atoms with Gasteiger partial charge in [-0.3, -0.25) is 14.4 Å². The summed E-state index contributed by atoms with van der Waals surface area (Å²) in [5.41, 5.74) is 0. The van der Waals surface area contributed by atoms with Crippen LogP contribution in [0.2, 0.25) is 0 Å². The van der Waals surface area contributed by atoms with E-state index in [1.807, 2.05) is 0 Å². The third-order valence-corrected chi connectivity index (χ3v) is 3.71. The van der Waals surface area contributed by atoms with Crippen molar-refractivity contribution in [3.63, 3.8) is 0 Å². The van der Waals surface area contributed by atoms with Gasteiger partial charge >= 0.3 is 11.9 Å². The SMILES string of the molecule is COC(=O)[C@@H]1[C@@H]2CC(=O)[C@@H](C2)[C@@H]1C(=O)OC. The number of carbonyl (C=O) groups excluding carboxylic acids is 3. The second-order valence-electron chi connectivity index (χ2n) is 4.37. The molecular formula is C11H14O5. The quantitative estimate of drug-likeness (QED) is 0.628. The highest BCUT2D eigenvalue weighted by Crippen LogP contribution is 2.51. The van der Waals surface area contributed by atoms with Gasteiger partial charge in [-0.2, -0.15) is 0 Å². The van der Waals surface area contributed by atoms with E-state index in [4.69, 9.17) is 0 Å². The van der Waals surface area contributed by atoms with Gasteiger partial charge in [0.25, 0.3) is 0 Å². The Kier molecular flexibility index (Phi) is 2.69. The molecule has 0 amide bonds. The Morgan fingerprint density at radius 2 is 1.69 bits per heavy atom. The molecule has 0 N–H and O–H groups in total. The van der Waals surface area contributed by atoms with Gasteiger partial charge in [-0.1, -0.05) is 0 Å². The average molecular weight is 226 g/mol. The van der Waals surface area contributed by atoms with Crippen LogP contribution in [0.25, 0.3) is 0 Å². The Hall–Kier alpha value is -1.39. The molecule has 2 rings (SSSR count). The number of hydrogen-bond acceptors (Lipinski definition) is 5. The molecule has 0 aromatic carbocycles. The molecule has 0 heterocycles. The van der Waals surface area contributed by atoms with Crippen molar-refractivity contribution >= 4 is 17.7 Å². The molecule has 5 nitrogen and oxygen atoms in total. The van der Waals surface area contributed by atoms with E-state index in [1.165, 1.54) is 14.2 Å². The van der Waals surface area contributed by atoms with Crippen LogP contribution in [0.5, 0.6) is 0 Å². The number of ketones is 1. The van der Waals surface area contributed by atoms with Gasteiger partial charge in [0.2, 0.25) is 0 Å². The molecule has 0 unspecified atom stereocenters. The highest BCUT2D eigenvalue weighted by Gasteiger charge is 2.58. The predicted octanol–water partition coefficient (Wildman–Crippen LogP) is 0.174. The topological polar surface area (TPSA) is 69.7 Å². The normalized spacial score (nSPS) is 36.2. The number of hydrogen-bond donors (Lipinski definition) is 0. The maximum atomic E-state index is 11.6. The lowest BCUT2D eigenvalue weighted by Crippen LogP contribution is -2.39. The van der Waals surface area contributed by atoms with Gasteiger partial charge in [0, 0.05) is 12.3 Å². The molecule has 2 fully saturated rings. The van der Waals surface area contributed by atoms with Crippen molar-refractivity contribution in [2.24, 2.45) is 23.7 Å². The number of rotatable bonds is 2. The first-order valence-electron chi connectivity index (χ1n) is 5.28. The summed E-state index contributed by atoms with van der Waals surface area (Å²) in [4.78, 5) is 34.8. The van der Waals surface area contributed by atoms with Crippen LogP contribution in [0.1, 0.15) is 12.8 Å². The van der Waals surface area contributed by atoms with Crippen molar-refractivity contribution < 1.29 is 23.9 Å². The van der Waals surface area contributed by atoms with Crippen molar-refractivity contribution in [2.75, 3.05) is 14.2 Å². The van der Waals surface area contributed by atoms with Gasteiger partial charge in [0.05, 0.1) is 26.1 Å². The first kappa shape index (κ1) is 11.1. The third kappa shape index (κ3) is 1.42. The summed E-state index contributed by atoms with van der Waals surface area (Å²) in [6.07, 6.45) is 0.996. The fourth-order valence-electron chi connectivity index (χ4n) is 3.04. The number of esters is 2. The molecular weight excluding hydrogens is 212 g/mol. The smallest absolute Gasteiger partial charge is 0.310 e. The fourth-order valence-corrected chi connectivity index (χ4v) is 3.04. The van der Waals surface area contributed by atoms with E-state index in [0.717, 1.165) is 0 Å². The van der Waals surface area contributed by atoms with Crippen LogP contribution in [-0.4, -0.2) is 31.9 Å². The largest absolute Gasteiger partial charge is 0.469 e. The van der Waals surface area contributed by atoms with Crippen molar-refractivity contribution in [2.45, 2.75) is 12.8 Å². The van der Waals surface area contributed by atoms with Gasteiger partial charge in [-0.25, -0.2) is 0 Å². The van der Waals surface area contributed by atoms with E-state index in [0.29, 0.717) is 12.8 Å². The van der Waals surface area contributed by atoms with Crippen LogP contribution >= 0.6 is 0 Å². The van der Waals surface area contributed by atoms with E-state index in [9.17, 15) is 14.4 Å². The van der Waals surface area contributed by atoms with Crippen LogP contribution in [-0.2, 0) is 23.9 Å². The number of Topliss-reactive ketones (excluding diaryl/α,β-unsaturated/α-hetero) is 1. The minimum Gasteiger partial charge on any atom is -0.469 e. The summed E-state index contributed by atoms with van der Waals surface area (Å²) in [6.45, 7) is 0. The molecule has 5 heteroatoms. The van der Waals surface area contributed by atoms with Crippen LogP contribution < -0.4 is 0 Å². The fraction of sp³-hybridized carbons (Fsp3) is 0.727. The number of ether oxygens (including phenoxy) is 2. The Morgan fingerprint density at radius 3 is 2.25 bits per heavy atom. The molecule has 0 spiro atoms. The molecule has 2 aliphatic carbocycles. The third-order valence-electron chi connectivity index (χ3n) is 3.71. The van der Waals surface area contributed by atoms with Gasteiger partial charge < -0.3 is 9.47 Å².